The number of halogens is 2. The number of amides is 1. The summed E-state index contributed by atoms with van der Waals surface area (Å²) in [7, 11) is 0. The van der Waals surface area contributed by atoms with E-state index in [0.717, 1.165) is 28.5 Å². The van der Waals surface area contributed by atoms with Crippen molar-refractivity contribution in [3.63, 3.8) is 0 Å². The number of benzene rings is 2. The Morgan fingerprint density at radius 1 is 1.15 bits per heavy atom. The highest BCUT2D eigenvalue weighted by Crippen LogP contribution is 2.20. The molecule has 1 amide bonds. The van der Waals surface area contributed by atoms with Gasteiger partial charge in [-0.3, -0.25) is 9.59 Å². The third-order valence-electron chi connectivity index (χ3n) is 3.74. The maximum absolute atomic E-state index is 13.1. The fourth-order valence-corrected chi connectivity index (χ4v) is 2.51. The van der Waals surface area contributed by atoms with Gasteiger partial charge >= 0.3 is 5.69 Å². The van der Waals surface area contributed by atoms with Crippen molar-refractivity contribution in [3.05, 3.63) is 91.5 Å². The number of nitrogens with zero attached hydrogens (tertiary/aromatic N) is 1. The molecule has 26 heavy (non-hydrogen) atoms. The lowest BCUT2D eigenvalue weighted by Crippen LogP contribution is -2.38. The van der Waals surface area contributed by atoms with Crippen LogP contribution in [0.5, 0.6) is 0 Å². The van der Waals surface area contributed by atoms with Gasteiger partial charge in [0.25, 0.3) is 11.5 Å². The molecule has 0 aliphatic rings. The van der Waals surface area contributed by atoms with Crippen LogP contribution in [0.4, 0.5) is 10.1 Å². The highest BCUT2D eigenvalue weighted by Gasteiger charge is 2.16. The van der Waals surface area contributed by atoms with Crippen LogP contribution in [0.2, 0.25) is 5.02 Å². The summed E-state index contributed by atoms with van der Waals surface area (Å²) >= 11 is 6.02. The molecule has 3 aromatic rings. The molecule has 1 heterocycles. The van der Waals surface area contributed by atoms with Crippen molar-refractivity contribution in [2.24, 2.45) is 0 Å². The molecule has 0 saturated heterocycles. The minimum Gasteiger partial charge on any atom is -0.322 e. The lowest BCUT2D eigenvalue weighted by atomic mass is 10.2. The molecule has 2 N–H and O–H groups in total. The van der Waals surface area contributed by atoms with Crippen molar-refractivity contribution in [3.8, 4) is 5.69 Å². The van der Waals surface area contributed by atoms with Crippen LogP contribution in [0, 0.1) is 12.7 Å². The molecule has 8 heteroatoms. The van der Waals surface area contributed by atoms with Crippen LogP contribution >= 0.6 is 11.6 Å². The Morgan fingerprint density at radius 2 is 1.85 bits per heavy atom. The Balaban J connectivity index is 2.00. The van der Waals surface area contributed by atoms with Crippen LogP contribution < -0.4 is 16.6 Å². The molecule has 132 valence electrons. The normalized spacial score (nSPS) is 10.6. The smallest absolute Gasteiger partial charge is 0.322 e. The Labute approximate surface area is 151 Å². The summed E-state index contributed by atoms with van der Waals surface area (Å²) in [5.41, 5.74) is -0.444. The number of aromatic nitrogens is 2. The molecule has 0 aliphatic carbocycles. The second-order valence-corrected chi connectivity index (χ2v) is 5.95. The van der Waals surface area contributed by atoms with E-state index in [1.54, 1.807) is 18.2 Å². The average Bonchev–Trinajstić information content (AvgIpc) is 2.60. The Kier molecular flexibility index (Phi) is 4.73. The van der Waals surface area contributed by atoms with Crippen molar-refractivity contribution in [1.29, 1.82) is 0 Å². The number of aryl methyl sites for hydroxylation is 1. The van der Waals surface area contributed by atoms with Crippen LogP contribution in [0.15, 0.2) is 58.3 Å². The van der Waals surface area contributed by atoms with Crippen molar-refractivity contribution < 1.29 is 9.18 Å². The van der Waals surface area contributed by atoms with Gasteiger partial charge in [-0.25, -0.2) is 13.8 Å². The van der Waals surface area contributed by atoms with E-state index in [1.165, 1.54) is 12.1 Å². The fourth-order valence-electron chi connectivity index (χ4n) is 2.33. The summed E-state index contributed by atoms with van der Waals surface area (Å²) in [5.74, 6) is -1.22. The van der Waals surface area contributed by atoms with Gasteiger partial charge in [-0.2, -0.15) is 0 Å². The van der Waals surface area contributed by atoms with Crippen LogP contribution in [-0.2, 0) is 0 Å². The number of H-pyrrole nitrogens is 1. The number of hydrogen-bond acceptors (Lipinski definition) is 3. The minimum absolute atomic E-state index is 0.144. The molecule has 0 atom stereocenters. The monoisotopic (exact) mass is 373 g/mol. The predicted molar refractivity (Wildman–Crippen MR) is 96.8 cm³/mol. The molecule has 0 aliphatic heterocycles. The van der Waals surface area contributed by atoms with Crippen molar-refractivity contribution >= 4 is 23.2 Å². The van der Waals surface area contributed by atoms with Crippen LogP contribution in [0.25, 0.3) is 5.69 Å². The van der Waals surface area contributed by atoms with Gasteiger partial charge in [-0.1, -0.05) is 17.7 Å². The van der Waals surface area contributed by atoms with E-state index in [4.69, 9.17) is 11.6 Å². The van der Waals surface area contributed by atoms with E-state index in [1.807, 2.05) is 6.92 Å². The molecule has 0 bridgehead atoms. The lowest BCUT2D eigenvalue weighted by molar-refractivity contribution is 0.102. The minimum atomic E-state index is -0.823. The highest BCUT2D eigenvalue weighted by molar-refractivity contribution is 6.31. The molecule has 2 aromatic carbocycles. The van der Waals surface area contributed by atoms with E-state index in [9.17, 15) is 18.8 Å². The molecule has 0 spiro atoms. The van der Waals surface area contributed by atoms with Crippen LogP contribution in [0.1, 0.15) is 15.9 Å². The standard InChI is InChI=1S/C18H13ClFN3O3/c1-10-2-5-12(8-15(10)19)22-16(24)14-9-21-18(26)23(17(14)25)13-6-3-11(20)4-7-13/h2-9H,1H3,(H,21,26)(H,22,24). The predicted octanol–water partition coefficient (Wildman–Crippen LogP) is 2.88. The molecule has 6 nitrogen and oxygen atoms in total. The number of aromatic amines is 1. The second-order valence-electron chi connectivity index (χ2n) is 5.54. The molecular formula is C18H13ClFN3O3. The number of carbonyl (C=O) groups is 1. The summed E-state index contributed by atoms with van der Waals surface area (Å²) < 4.78 is 13.8. The topological polar surface area (TPSA) is 84.0 Å². The van der Waals surface area contributed by atoms with Gasteiger partial charge in [0.15, 0.2) is 0 Å². The third-order valence-corrected chi connectivity index (χ3v) is 4.14. The third kappa shape index (κ3) is 3.43. The summed E-state index contributed by atoms with van der Waals surface area (Å²) in [5, 5.41) is 3.02. The highest BCUT2D eigenvalue weighted by atomic mass is 35.5. The molecule has 0 fully saturated rings. The van der Waals surface area contributed by atoms with Gasteiger partial charge in [0.05, 0.1) is 5.69 Å². The summed E-state index contributed by atoms with van der Waals surface area (Å²) in [6.07, 6.45) is 1.04. The zero-order valence-electron chi connectivity index (χ0n) is 13.5. The molecule has 0 unspecified atom stereocenters. The quantitative estimate of drug-likeness (QED) is 0.740. The lowest BCUT2D eigenvalue weighted by Gasteiger charge is -2.09. The number of carbonyl (C=O) groups excluding carboxylic acids is 1. The first-order chi connectivity index (χ1) is 12.4. The van der Waals surface area contributed by atoms with Gasteiger partial charge in [0, 0.05) is 16.9 Å². The maximum Gasteiger partial charge on any atom is 0.333 e. The first-order valence-electron chi connectivity index (χ1n) is 7.55. The van der Waals surface area contributed by atoms with Gasteiger partial charge in [-0.15, -0.1) is 0 Å². The number of hydrogen-bond donors (Lipinski definition) is 2. The largest absolute Gasteiger partial charge is 0.333 e. The molecule has 0 saturated carbocycles. The Morgan fingerprint density at radius 3 is 2.50 bits per heavy atom. The van der Waals surface area contributed by atoms with Gasteiger partial charge in [0.2, 0.25) is 0 Å². The zero-order chi connectivity index (χ0) is 18.8. The SMILES string of the molecule is Cc1ccc(NC(=O)c2c[nH]c(=O)n(-c3ccc(F)cc3)c2=O)cc1Cl. The van der Waals surface area contributed by atoms with E-state index in [-0.39, 0.29) is 11.3 Å². The fraction of sp³-hybridized carbons (Fsp3) is 0.0556. The molecule has 0 radical (unpaired) electrons. The van der Waals surface area contributed by atoms with Gasteiger partial charge < -0.3 is 10.3 Å². The summed E-state index contributed by atoms with van der Waals surface area (Å²) in [6, 6.07) is 9.69. The molecule has 3 rings (SSSR count). The van der Waals surface area contributed by atoms with E-state index >= 15 is 0 Å². The summed E-state index contributed by atoms with van der Waals surface area (Å²) in [6.45, 7) is 1.82. The van der Waals surface area contributed by atoms with Crippen LogP contribution in [0.3, 0.4) is 0 Å². The maximum atomic E-state index is 13.1. The van der Waals surface area contributed by atoms with Crippen LogP contribution in [-0.4, -0.2) is 15.5 Å². The van der Waals surface area contributed by atoms with E-state index in [2.05, 4.69) is 10.3 Å². The zero-order valence-corrected chi connectivity index (χ0v) is 14.3. The van der Waals surface area contributed by atoms with Gasteiger partial charge in [-0.05, 0) is 48.9 Å². The Bertz CT molecular complexity index is 1100. The number of nitrogens with one attached hydrogen (secondary N) is 2. The number of rotatable bonds is 3. The van der Waals surface area contributed by atoms with Crippen molar-refractivity contribution in [1.82, 2.24) is 9.55 Å². The van der Waals surface area contributed by atoms with Crippen molar-refractivity contribution in [2.45, 2.75) is 6.92 Å². The van der Waals surface area contributed by atoms with Crippen molar-refractivity contribution in [2.75, 3.05) is 5.32 Å². The molecule has 1 aromatic heterocycles. The average molecular weight is 374 g/mol. The Hall–Kier alpha value is -3.19. The first kappa shape index (κ1) is 17.6. The number of anilines is 1. The van der Waals surface area contributed by atoms with E-state index in [0.29, 0.717) is 10.7 Å². The van der Waals surface area contributed by atoms with Gasteiger partial charge in [0.1, 0.15) is 11.4 Å². The first-order valence-corrected chi connectivity index (χ1v) is 7.93. The van der Waals surface area contributed by atoms with E-state index < -0.39 is 23.0 Å². The molecular weight excluding hydrogens is 361 g/mol. The second kappa shape index (κ2) is 6.97. The summed E-state index contributed by atoms with van der Waals surface area (Å²) in [4.78, 5) is 39.4.